The molecule has 1 heterocycles. The molecule has 1 N–H and O–H groups in total. The van der Waals surface area contributed by atoms with Crippen LogP contribution in [0.4, 0.5) is 5.69 Å². The molecule has 0 unspecified atom stereocenters. The zero-order valence-electron chi connectivity index (χ0n) is 14.0. The minimum atomic E-state index is 0.0961. The summed E-state index contributed by atoms with van der Waals surface area (Å²) in [6.07, 6.45) is 8.02. The molecule has 3 nitrogen and oxygen atoms in total. The van der Waals surface area contributed by atoms with E-state index in [1.165, 1.54) is 25.7 Å². The predicted octanol–water partition coefficient (Wildman–Crippen LogP) is 4.28. The van der Waals surface area contributed by atoms with Gasteiger partial charge in [0.2, 0.25) is 0 Å². The molecule has 1 saturated carbocycles. The molecular formula is C18H30N2O. The maximum atomic E-state index is 11.7. The van der Waals surface area contributed by atoms with Gasteiger partial charge in [-0.2, -0.15) is 0 Å². The third-order valence-electron chi connectivity index (χ3n) is 4.77. The van der Waals surface area contributed by atoms with Gasteiger partial charge < -0.3 is 9.88 Å². The molecular weight excluding hydrogens is 260 g/mol. The number of rotatable bonds is 4. The fourth-order valence-electron chi connectivity index (χ4n) is 3.37. The van der Waals surface area contributed by atoms with E-state index in [4.69, 9.17) is 0 Å². The van der Waals surface area contributed by atoms with E-state index in [0.29, 0.717) is 11.5 Å². The molecule has 1 aromatic heterocycles. The molecule has 3 heteroatoms. The Morgan fingerprint density at radius 3 is 2.43 bits per heavy atom. The minimum Gasteiger partial charge on any atom is -0.381 e. The van der Waals surface area contributed by atoms with Gasteiger partial charge in [-0.1, -0.05) is 27.7 Å². The van der Waals surface area contributed by atoms with Gasteiger partial charge in [0.25, 0.3) is 5.56 Å². The van der Waals surface area contributed by atoms with E-state index in [2.05, 4.69) is 33.0 Å². The molecule has 0 amide bonds. The molecule has 0 radical (unpaired) electrons. The van der Waals surface area contributed by atoms with Crippen LogP contribution in [-0.4, -0.2) is 10.6 Å². The molecule has 0 aliphatic heterocycles. The monoisotopic (exact) mass is 290 g/mol. The highest BCUT2D eigenvalue weighted by Gasteiger charge is 2.29. The van der Waals surface area contributed by atoms with Crippen molar-refractivity contribution >= 4 is 5.69 Å². The lowest BCUT2D eigenvalue weighted by Gasteiger charge is -2.37. The summed E-state index contributed by atoms with van der Waals surface area (Å²) in [6, 6.07) is 4.15. The standard InChI is InChI=1S/C18H30N2O/c1-5-12-20-13-16(10-11-17(20)21)19-15-8-6-14(7-9-15)18(2,3)4/h10-11,13-15,19H,5-9,12H2,1-4H3. The Hall–Kier alpha value is -1.25. The number of nitrogens with one attached hydrogen (secondary N) is 1. The summed E-state index contributed by atoms with van der Waals surface area (Å²) in [5.74, 6) is 0.838. The molecule has 0 spiro atoms. The van der Waals surface area contributed by atoms with E-state index in [1.54, 1.807) is 6.07 Å². The lowest BCUT2D eigenvalue weighted by atomic mass is 9.71. The van der Waals surface area contributed by atoms with E-state index in [9.17, 15) is 4.79 Å². The van der Waals surface area contributed by atoms with Crippen molar-refractivity contribution < 1.29 is 0 Å². The molecule has 21 heavy (non-hydrogen) atoms. The summed E-state index contributed by atoms with van der Waals surface area (Å²) in [5.41, 5.74) is 1.61. The van der Waals surface area contributed by atoms with Crippen LogP contribution in [0.15, 0.2) is 23.1 Å². The molecule has 1 aliphatic rings. The minimum absolute atomic E-state index is 0.0961. The van der Waals surface area contributed by atoms with Crippen LogP contribution in [0.1, 0.15) is 59.8 Å². The summed E-state index contributed by atoms with van der Waals surface area (Å²) < 4.78 is 1.81. The van der Waals surface area contributed by atoms with Crippen LogP contribution < -0.4 is 10.9 Å². The zero-order chi connectivity index (χ0) is 15.5. The highest BCUT2D eigenvalue weighted by atomic mass is 16.1. The third-order valence-corrected chi connectivity index (χ3v) is 4.77. The summed E-state index contributed by atoms with van der Waals surface area (Å²) in [6.45, 7) is 9.95. The number of hydrogen-bond donors (Lipinski definition) is 1. The van der Waals surface area contributed by atoms with Gasteiger partial charge in [0.15, 0.2) is 0 Å². The van der Waals surface area contributed by atoms with Crippen molar-refractivity contribution in [1.82, 2.24) is 4.57 Å². The Labute approximate surface area is 128 Å². The summed E-state index contributed by atoms with van der Waals surface area (Å²) >= 11 is 0. The molecule has 1 aliphatic carbocycles. The van der Waals surface area contributed by atoms with Gasteiger partial charge >= 0.3 is 0 Å². The normalized spacial score (nSPS) is 23.0. The van der Waals surface area contributed by atoms with Crippen molar-refractivity contribution in [3.8, 4) is 0 Å². The molecule has 0 atom stereocenters. The third kappa shape index (κ3) is 4.36. The Balaban J connectivity index is 1.95. The van der Waals surface area contributed by atoms with E-state index >= 15 is 0 Å². The maximum Gasteiger partial charge on any atom is 0.250 e. The Morgan fingerprint density at radius 1 is 1.19 bits per heavy atom. The van der Waals surface area contributed by atoms with Gasteiger partial charge in [0.1, 0.15) is 0 Å². The molecule has 0 saturated heterocycles. The number of hydrogen-bond acceptors (Lipinski definition) is 2. The van der Waals surface area contributed by atoms with Gasteiger partial charge in [0.05, 0.1) is 5.69 Å². The Kier molecular flexibility index (Phi) is 5.13. The maximum absolute atomic E-state index is 11.7. The average molecular weight is 290 g/mol. The van der Waals surface area contributed by atoms with Crippen LogP contribution >= 0.6 is 0 Å². The van der Waals surface area contributed by atoms with Crippen molar-refractivity contribution in [3.63, 3.8) is 0 Å². The summed E-state index contributed by atoms with van der Waals surface area (Å²) in [5, 5.41) is 3.62. The van der Waals surface area contributed by atoms with Crippen molar-refractivity contribution in [2.75, 3.05) is 5.32 Å². The van der Waals surface area contributed by atoms with Crippen LogP contribution in [0.25, 0.3) is 0 Å². The van der Waals surface area contributed by atoms with Gasteiger partial charge in [-0.05, 0) is 49.5 Å². The van der Waals surface area contributed by atoms with E-state index in [-0.39, 0.29) is 5.56 Å². The van der Waals surface area contributed by atoms with Crippen molar-refractivity contribution in [2.45, 2.75) is 72.4 Å². The fraction of sp³-hybridized carbons (Fsp3) is 0.722. The molecule has 0 aromatic carbocycles. The van der Waals surface area contributed by atoms with E-state index in [0.717, 1.165) is 24.6 Å². The summed E-state index contributed by atoms with van der Waals surface area (Å²) in [4.78, 5) is 11.7. The smallest absolute Gasteiger partial charge is 0.250 e. The van der Waals surface area contributed by atoms with E-state index < -0.39 is 0 Å². The van der Waals surface area contributed by atoms with Crippen molar-refractivity contribution in [3.05, 3.63) is 28.7 Å². The second-order valence-electron chi connectivity index (χ2n) is 7.51. The predicted molar refractivity (Wildman–Crippen MR) is 89.8 cm³/mol. The van der Waals surface area contributed by atoms with Crippen LogP contribution in [0.5, 0.6) is 0 Å². The number of pyridine rings is 1. The Bertz CT molecular complexity index is 505. The number of anilines is 1. The number of aryl methyl sites for hydroxylation is 1. The largest absolute Gasteiger partial charge is 0.381 e. The van der Waals surface area contributed by atoms with Crippen LogP contribution in [0.2, 0.25) is 0 Å². The zero-order valence-corrected chi connectivity index (χ0v) is 14.0. The fourth-order valence-corrected chi connectivity index (χ4v) is 3.37. The van der Waals surface area contributed by atoms with Crippen LogP contribution in [0, 0.1) is 11.3 Å². The second-order valence-corrected chi connectivity index (χ2v) is 7.51. The van der Waals surface area contributed by atoms with E-state index in [1.807, 2.05) is 16.8 Å². The molecule has 2 rings (SSSR count). The Morgan fingerprint density at radius 2 is 1.86 bits per heavy atom. The highest BCUT2D eigenvalue weighted by molar-refractivity contribution is 5.41. The van der Waals surface area contributed by atoms with Crippen LogP contribution in [-0.2, 0) is 6.54 Å². The molecule has 0 bridgehead atoms. The molecule has 118 valence electrons. The number of nitrogens with zero attached hydrogens (tertiary/aromatic N) is 1. The van der Waals surface area contributed by atoms with Gasteiger partial charge in [-0.3, -0.25) is 4.79 Å². The molecule has 1 fully saturated rings. The van der Waals surface area contributed by atoms with Crippen molar-refractivity contribution in [2.24, 2.45) is 11.3 Å². The van der Waals surface area contributed by atoms with Crippen molar-refractivity contribution in [1.29, 1.82) is 0 Å². The number of aromatic nitrogens is 1. The van der Waals surface area contributed by atoms with Gasteiger partial charge in [0, 0.05) is 24.8 Å². The highest BCUT2D eigenvalue weighted by Crippen LogP contribution is 2.38. The average Bonchev–Trinajstić information content (AvgIpc) is 2.42. The lowest BCUT2D eigenvalue weighted by Crippen LogP contribution is -2.32. The lowest BCUT2D eigenvalue weighted by molar-refractivity contribution is 0.173. The quantitative estimate of drug-likeness (QED) is 0.898. The van der Waals surface area contributed by atoms with Gasteiger partial charge in [-0.25, -0.2) is 0 Å². The van der Waals surface area contributed by atoms with Gasteiger partial charge in [-0.15, -0.1) is 0 Å². The molecule has 1 aromatic rings. The summed E-state index contributed by atoms with van der Waals surface area (Å²) in [7, 11) is 0. The second kappa shape index (κ2) is 6.67. The first-order valence-corrected chi connectivity index (χ1v) is 8.37. The first kappa shape index (κ1) is 16.1. The first-order valence-electron chi connectivity index (χ1n) is 8.37. The SMILES string of the molecule is CCCn1cc(NC2CCC(C(C)(C)C)CC2)ccc1=O. The first-order chi connectivity index (χ1) is 9.90. The topological polar surface area (TPSA) is 34.0 Å². The van der Waals surface area contributed by atoms with Crippen LogP contribution in [0.3, 0.4) is 0 Å².